The predicted molar refractivity (Wildman–Crippen MR) is 99.4 cm³/mol. The van der Waals surface area contributed by atoms with Gasteiger partial charge < -0.3 is 5.32 Å². The Kier molecular flexibility index (Phi) is 4.81. The van der Waals surface area contributed by atoms with Gasteiger partial charge in [0.15, 0.2) is 0 Å². The Bertz CT molecular complexity index is 877. The predicted octanol–water partition coefficient (Wildman–Crippen LogP) is 4.46. The second-order valence-corrected chi connectivity index (χ2v) is 6.62. The summed E-state index contributed by atoms with van der Waals surface area (Å²) in [4.78, 5) is 21.0. The SMILES string of the molecule is CC(C)(NC(=O)c1ccc(-c2ncccc2Cl)cn1)c1ccccc1. The maximum absolute atomic E-state index is 12.5. The highest BCUT2D eigenvalue weighted by molar-refractivity contribution is 6.33. The number of carbonyl (C=O) groups excluding carboxylic acids is 1. The standard InChI is InChI=1S/C20H18ClN3O/c1-20(2,15-7-4-3-5-8-15)24-19(25)17-11-10-14(13-23-17)18-16(21)9-6-12-22-18/h3-13H,1-2H3,(H,24,25). The van der Waals surface area contributed by atoms with E-state index in [4.69, 9.17) is 11.6 Å². The Hall–Kier alpha value is -2.72. The molecule has 5 heteroatoms. The van der Waals surface area contributed by atoms with Gasteiger partial charge in [-0.05, 0) is 43.7 Å². The van der Waals surface area contributed by atoms with Crippen molar-refractivity contribution < 1.29 is 4.79 Å². The summed E-state index contributed by atoms with van der Waals surface area (Å²) in [7, 11) is 0. The van der Waals surface area contributed by atoms with Gasteiger partial charge in [0.2, 0.25) is 0 Å². The van der Waals surface area contributed by atoms with E-state index < -0.39 is 5.54 Å². The molecule has 0 saturated carbocycles. The summed E-state index contributed by atoms with van der Waals surface area (Å²) in [6.07, 6.45) is 3.28. The zero-order valence-electron chi connectivity index (χ0n) is 14.0. The molecule has 0 aliphatic rings. The molecule has 2 aromatic heterocycles. The number of hydrogen-bond acceptors (Lipinski definition) is 3. The molecule has 2 heterocycles. The summed E-state index contributed by atoms with van der Waals surface area (Å²) in [5.41, 5.74) is 2.29. The normalized spacial score (nSPS) is 11.2. The van der Waals surface area contributed by atoms with Crippen LogP contribution in [-0.4, -0.2) is 15.9 Å². The van der Waals surface area contributed by atoms with Crippen molar-refractivity contribution in [1.29, 1.82) is 0 Å². The number of pyridine rings is 2. The van der Waals surface area contributed by atoms with Crippen LogP contribution in [0.5, 0.6) is 0 Å². The smallest absolute Gasteiger partial charge is 0.270 e. The molecule has 25 heavy (non-hydrogen) atoms. The molecule has 3 aromatic rings. The van der Waals surface area contributed by atoms with E-state index in [-0.39, 0.29) is 5.91 Å². The third-order valence-electron chi connectivity index (χ3n) is 3.95. The molecular weight excluding hydrogens is 334 g/mol. The molecule has 1 N–H and O–H groups in total. The van der Waals surface area contributed by atoms with Crippen LogP contribution >= 0.6 is 11.6 Å². The molecule has 1 amide bonds. The van der Waals surface area contributed by atoms with E-state index in [0.717, 1.165) is 11.1 Å². The molecule has 0 saturated heterocycles. The Balaban J connectivity index is 1.78. The van der Waals surface area contributed by atoms with E-state index in [1.807, 2.05) is 44.2 Å². The van der Waals surface area contributed by atoms with Crippen LogP contribution in [0.1, 0.15) is 29.9 Å². The number of nitrogens with zero attached hydrogens (tertiary/aromatic N) is 2. The van der Waals surface area contributed by atoms with Gasteiger partial charge in [0.05, 0.1) is 16.3 Å². The lowest BCUT2D eigenvalue weighted by molar-refractivity contribution is 0.0907. The molecule has 126 valence electrons. The lowest BCUT2D eigenvalue weighted by Crippen LogP contribution is -2.41. The van der Waals surface area contributed by atoms with Crippen LogP contribution in [0.25, 0.3) is 11.3 Å². The lowest BCUT2D eigenvalue weighted by Gasteiger charge is -2.26. The van der Waals surface area contributed by atoms with Crippen molar-refractivity contribution in [1.82, 2.24) is 15.3 Å². The number of amides is 1. The van der Waals surface area contributed by atoms with Gasteiger partial charge in [-0.15, -0.1) is 0 Å². The van der Waals surface area contributed by atoms with Crippen molar-refractivity contribution in [3.8, 4) is 11.3 Å². The molecule has 0 aliphatic carbocycles. The fraction of sp³-hybridized carbons (Fsp3) is 0.150. The van der Waals surface area contributed by atoms with Gasteiger partial charge in [0.1, 0.15) is 5.69 Å². The molecule has 0 radical (unpaired) electrons. The number of halogens is 1. The van der Waals surface area contributed by atoms with E-state index in [2.05, 4.69) is 15.3 Å². The number of carbonyl (C=O) groups is 1. The van der Waals surface area contributed by atoms with Gasteiger partial charge >= 0.3 is 0 Å². The minimum absolute atomic E-state index is 0.229. The Labute approximate surface area is 151 Å². The van der Waals surface area contributed by atoms with E-state index in [0.29, 0.717) is 16.4 Å². The number of aromatic nitrogens is 2. The first-order valence-electron chi connectivity index (χ1n) is 7.92. The van der Waals surface area contributed by atoms with E-state index in [9.17, 15) is 4.79 Å². The Morgan fingerprint density at radius 1 is 1.00 bits per heavy atom. The largest absolute Gasteiger partial charge is 0.342 e. The minimum Gasteiger partial charge on any atom is -0.342 e. The number of hydrogen-bond donors (Lipinski definition) is 1. The highest BCUT2D eigenvalue weighted by Gasteiger charge is 2.23. The second-order valence-electron chi connectivity index (χ2n) is 6.21. The van der Waals surface area contributed by atoms with Gasteiger partial charge in [-0.1, -0.05) is 41.9 Å². The van der Waals surface area contributed by atoms with Crippen LogP contribution in [0.4, 0.5) is 0 Å². The number of benzene rings is 1. The summed E-state index contributed by atoms with van der Waals surface area (Å²) in [6, 6.07) is 16.8. The van der Waals surface area contributed by atoms with Crippen molar-refractivity contribution >= 4 is 17.5 Å². The third kappa shape index (κ3) is 3.86. The quantitative estimate of drug-likeness (QED) is 0.754. The molecule has 0 spiro atoms. The zero-order valence-corrected chi connectivity index (χ0v) is 14.8. The average molecular weight is 352 g/mol. The van der Waals surface area contributed by atoms with Crippen molar-refractivity contribution in [2.24, 2.45) is 0 Å². The van der Waals surface area contributed by atoms with Crippen LogP contribution < -0.4 is 5.32 Å². The van der Waals surface area contributed by atoms with Gasteiger partial charge in [0, 0.05) is 18.0 Å². The molecule has 0 atom stereocenters. The fourth-order valence-electron chi connectivity index (χ4n) is 2.54. The molecular formula is C20H18ClN3O. The van der Waals surface area contributed by atoms with Gasteiger partial charge in [-0.25, -0.2) is 0 Å². The molecule has 1 aromatic carbocycles. The van der Waals surface area contributed by atoms with Gasteiger partial charge in [0.25, 0.3) is 5.91 Å². The first kappa shape index (κ1) is 17.1. The summed E-state index contributed by atoms with van der Waals surface area (Å²) in [6.45, 7) is 3.92. The molecule has 3 rings (SSSR count). The topological polar surface area (TPSA) is 54.9 Å². The monoisotopic (exact) mass is 351 g/mol. The van der Waals surface area contributed by atoms with E-state index in [1.165, 1.54) is 0 Å². The van der Waals surface area contributed by atoms with Crippen LogP contribution in [-0.2, 0) is 5.54 Å². The Morgan fingerprint density at radius 2 is 1.76 bits per heavy atom. The number of nitrogens with one attached hydrogen (secondary N) is 1. The summed E-state index contributed by atoms with van der Waals surface area (Å²) in [5.74, 6) is -0.229. The molecule has 0 bridgehead atoms. The van der Waals surface area contributed by atoms with Crippen molar-refractivity contribution in [2.45, 2.75) is 19.4 Å². The molecule has 0 unspecified atom stereocenters. The zero-order chi connectivity index (χ0) is 17.9. The minimum atomic E-state index is -0.497. The van der Waals surface area contributed by atoms with Gasteiger partial charge in [-0.3, -0.25) is 14.8 Å². The summed E-state index contributed by atoms with van der Waals surface area (Å²) in [5, 5.41) is 3.56. The highest BCUT2D eigenvalue weighted by atomic mass is 35.5. The number of rotatable bonds is 4. The maximum Gasteiger partial charge on any atom is 0.270 e. The molecule has 0 fully saturated rings. The first-order valence-corrected chi connectivity index (χ1v) is 8.30. The fourth-order valence-corrected chi connectivity index (χ4v) is 2.77. The van der Waals surface area contributed by atoms with Crippen molar-refractivity contribution in [3.05, 3.63) is 83.3 Å². The third-order valence-corrected chi connectivity index (χ3v) is 4.25. The summed E-state index contributed by atoms with van der Waals surface area (Å²) >= 11 is 6.15. The van der Waals surface area contributed by atoms with E-state index in [1.54, 1.807) is 36.7 Å². The summed E-state index contributed by atoms with van der Waals surface area (Å²) < 4.78 is 0. The average Bonchev–Trinajstić information content (AvgIpc) is 2.63. The van der Waals surface area contributed by atoms with Crippen molar-refractivity contribution in [3.63, 3.8) is 0 Å². The van der Waals surface area contributed by atoms with Crippen molar-refractivity contribution in [2.75, 3.05) is 0 Å². The maximum atomic E-state index is 12.5. The van der Waals surface area contributed by atoms with Crippen LogP contribution in [0.3, 0.4) is 0 Å². The van der Waals surface area contributed by atoms with Crippen LogP contribution in [0.2, 0.25) is 5.02 Å². The van der Waals surface area contributed by atoms with E-state index >= 15 is 0 Å². The van der Waals surface area contributed by atoms with Gasteiger partial charge in [-0.2, -0.15) is 0 Å². The Morgan fingerprint density at radius 3 is 2.40 bits per heavy atom. The molecule has 0 aliphatic heterocycles. The van der Waals surface area contributed by atoms with Crippen LogP contribution in [0.15, 0.2) is 67.0 Å². The van der Waals surface area contributed by atoms with Crippen LogP contribution in [0, 0.1) is 0 Å². The highest BCUT2D eigenvalue weighted by Crippen LogP contribution is 2.25. The second kappa shape index (κ2) is 7.03. The first-order chi connectivity index (χ1) is 12.0. The lowest BCUT2D eigenvalue weighted by atomic mass is 9.94. The molecule has 4 nitrogen and oxygen atoms in total.